The minimum Gasteiger partial charge on any atom is -0.508 e. The molecule has 0 bridgehead atoms. The highest BCUT2D eigenvalue weighted by Crippen LogP contribution is 2.38. The van der Waals surface area contributed by atoms with Gasteiger partial charge in [0, 0.05) is 15.5 Å². The van der Waals surface area contributed by atoms with Crippen LogP contribution in [-0.4, -0.2) is 10.1 Å². The zero-order valence-electron chi connectivity index (χ0n) is 13.3. The van der Waals surface area contributed by atoms with Crippen LogP contribution in [0.15, 0.2) is 58.5 Å². The summed E-state index contributed by atoms with van der Waals surface area (Å²) in [5.41, 5.74) is 7.48. The van der Waals surface area contributed by atoms with Crippen LogP contribution in [0.1, 0.15) is 11.1 Å². The van der Waals surface area contributed by atoms with Crippen LogP contribution in [0.4, 0.5) is 5.82 Å². The Morgan fingerprint density at radius 3 is 2.15 bits per heavy atom. The van der Waals surface area contributed by atoms with Gasteiger partial charge in [-0.15, -0.1) is 0 Å². The lowest BCUT2D eigenvalue weighted by molar-refractivity contribution is 0.475. The van der Waals surface area contributed by atoms with E-state index in [0.717, 1.165) is 4.90 Å². The zero-order chi connectivity index (χ0) is 18.7. The van der Waals surface area contributed by atoms with Crippen molar-refractivity contribution in [1.82, 2.24) is 4.98 Å². The normalized spacial score (nSPS) is 10.1. The molecular formula is C19H11ClN4OS. The standard InChI is InChI=1S/C19H11ClN4OS/c20-12-3-1-11(2-4-12)17-15(9-21)18(23)24-19(16(17)10-22)26-14-7-5-13(25)6-8-14/h1-8,25H,(H2,23,24). The van der Waals surface area contributed by atoms with Gasteiger partial charge in [-0.3, -0.25) is 0 Å². The Bertz CT molecular complexity index is 1050. The number of halogens is 1. The van der Waals surface area contributed by atoms with Crippen LogP contribution in [0, 0.1) is 22.7 Å². The Hall–Kier alpha value is -3.19. The molecule has 3 N–H and O–H groups in total. The highest BCUT2D eigenvalue weighted by molar-refractivity contribution is 7.99. The largest absolute Gasteiger partial charge is 0.508 e. The van der Waals surface area contributed by atoms with Gasteiger partial charge in [-0.1, -0.05) is 35.5 Å². The molecule has 0 aliphatic heterocycles. The van der Waals surface area contributed by atoms with Gasteiger partial charge in [0.2, 0.25) is 0 Å². The van der Waals surface area contributed by atoms with E-state index in [9.17, 15) is 15.6 Å². The van der Waals surface area contributed by atoms with Gasteiger partial charge in [0.05, 0.1) is 5.56 Å². The molecule has 0 saturated carbocycles. The number of anilines is 1. The molecule has 0 unspecified atom stereocenters. The molecule has 7 heteroatoms. The molecule has 0 aliphatic rings. The van der Waals surface area contributed by atoms with Crippen LogP contribution in [0.2, 0.25) is 5.02 Å². The van der Waals surface area contributed by atoms with Crippen molar-refractivity contribution in [3.05, 3.63) is 64.7 Å². The molecule has 0 radical (unpaired) electrons. The molecule has 0 amide bonds. The molecule has 1 aromatic heterocycles. The summed E-state index contributed by atoms with van der Waals surface area (Å²) in [6, 6.07) is 17.5. The molecule has 2 aromatic carbocycles. The average molecular weight is 379 g/mol. The van der Waals surface area contributed by atoms with Gasteiger partial charge >= 0.3 is 0 Å². The summed E-state index contributed by atoms with van der Waals surface area (Å²) < 4.78 is 0. The lowest BCUT2D eigenvalue weighted by Crippen LogP contribution is -2.03. The topological polar surface area (TPSA) is 107 Å². The third-order valence-electron chi connectivity index (χ3n) is 3.60. The van der Waals surface area contributed by atoms with Gasteiger partial charge in [-0.2, -0.15) is 10.5 Å². The number of phenolic OH excluding ortho intramolecular Hbond substituents is 1. The summed E-state index contributed by atoms with van der Waals surface area (Å²) in [6.07, 6.45) is 0. The van der Waals surface area contributed by atoms with Crippen molar-refractivity contribution in [2.24, 2.45) is 0 Å². The Balaban J connectivity index is 2.21. The number of nitrogen functional groups attached to an aromatic ring is 1. The van der Waals surface area contributed by atoms with Gasteiger partial charge in [-0.25, -0.2) is 4.98 Å². The van der Waals surface area contributed by atoms with Crippen LogP contribution < -0.4 is 5.73 Å². The number of phenols is 1. The van der Waals surface area contributed by atoms with Crippen molar-refractivity contribution >= 4 is 29.2 Å². The van der Waals surface area contributed by atoms with E-state index in [1.807, 2.05) is 6.07 Å². The first-order valence-electron chi connectivity index (χ1n) is 7.40. The highest BCUT2D eigenvalue weighted by atomic mass is 35.5. The van der Waals surface area contributed by atoms with Crippen LogP contribution >= 0.6 is 23.4 Å². The van der Waals surface area contributed by atoms with Crippen LogP contribution in [0.25, 0.3) is 11.1 Å². The first-order chi connectivity index (χ1) is 12.5. The quantitative estimate of drug-likeness (QED) is 0.690. The number of pyridine rings is 1. The monoisotopic (exact) mass is 378 g/mol. The Morgan fingerprint density at radius 1 is 0.962 bits per heavy atom. The SMILES string of the molecule is N#Cc1c(N)nc(Sc2ccc(O)cc2)c(C#N)c1-c1ccc(Cl)cc1. The van der Waals surface area contributed by atoms with Crippen LogP contribution in [0.5, 0.6) is 5.75 Å². The van der Waals surface area contributed by atoms with Crippen molar-refractivity contribution in [3.63, 3.8) is 0 Å². The molecule has 5 nitrogen and oxygen atoms in total. The molecule has 3 aromatic rings. The first kappa shape index (κ1) is 17.6. The van der Waals surface area contributed by atoms with Crippen molar-refractivity contribution in [3.8, 4) is 29.0 Å². The maximum absolute atomic E-state index is 9.73. The molecular weight excluding hydrogens is 368 g/mol. The van der Waals surface area contributed by atoms with Crippen molar-refractivity contribution < 1.29 is 5.11 Å². The van der Waals surface area contributed by atoms with E-state index in [-0.39, 0.29) is 22.7 Å². The predicted molar refractivity (Wildman–Crippen MR) is 101 cm³/mol. The fourth-order valence-corrected chi connectivity index (χ4v) is 3.42. The molecule has 0 atom stereocenters. The third-order valence-corrected chi connectivity index (χ3v) is 4.85. The van der Waals surface area contributed by atoms with Gasteiger partial charge in [0.15, 0.2) is 0 Å². The Labute approximate surface area is 159 Å². The van der Waals surface area contributed by atoms with E-state index in [1.54, 1.807) is 48.5 Å². The van der Waals surface area contributed by atoms with E-state index in [4.69, 9.17) is 17.3 Å². The predicted octanol–water partition coefficient (Wildman–Crippen LogP) is 4.58. The second kappa shape index (κ2) is 7.37. The summed E-state index contributed by atoms with van der Waals surface area (Å²) >= 11 is 7.17. The fourth-order valence-electron chi connectivity index (χ4n) is 2.40. The minimum absolute atomic E-state index is 0.0535. The number of benzene rings is 2. The van der Waals surface area contributed by atoms with E-state index < -0.39 is 0 Å². The number of hydrogen-bond donors (Lipinski definition) is 2. The summed E-state index contributed by atoms with van der Waals surface area (Å²) in [4.78, 5) is 5.02. The minimum atomic E-state index is 0.0535. The molecule has 0 spiro atoms. The Morgan fingerprint density at radius 2 is 1.58 bits per heavy atom. The summed E-state index contributed by atoms with van der Waals surface area (Å²) in [5.74, 6) is 0.196. The number of nitrogens with two attached hydrogens (primary N) is 1. The molecule has 0 fully saturated rings. The van der Waals surface area contributed by atoms with Crippen LogP contribution in [-0.2, 0) is 0 Å². The first-order valence-corrected chi connectivity index (χ1v) is 8.59. The summed E-state index contributed by atoms with van der Waals surface area (Å²) in [5, 5.41) is 29.6. The molecule has 3 rings (SSSR count). The number of hydrogen-bond acceptors (Lipinski definition) is 6. The summed E-state index contributed by atoms with van der Waals surface area (Å²) in [6.45, 7) is 0. The molecule has 0 aliphatic carbocycles. The lowest BCUT2D eigenvalue weighted by Gasteiger charge is -2.13. The molecule has 0 saturated heterocycles. The third kappa shape index (κ3) is 3.43. The molecule has 26 heavy (non-hydrogen) atoms. The van der Waals surface area contributed by atoms with E-state index in [1.165, 1.54) is 11.8 Å². The second-order valence-electron chi connectivity index (χ2n) is 5.25. The number of nitrogens with zero attached hydrogens (tertiary/aromatic N) is 3. The fraction of sp³-hybridized carbons (Fsp3) is 0. The maximum Gasteiger partial charge on any atom is 0.143 e. The van der Waals surface area contributed by atoms with E-state index in [2.05, 4.69) is 11.1 Å². The smallest absolute Gasteiger partial charge is 0.143 e. The van der Waals surface area contributed by atoms with Crippen molar-refractivity contribution in [2.45, 2.75) is 9.92 Å². The van der Waals surface area contributed by atoms with Gasteiger partial charge in [-0.05, 0) is 42.0 Å². The van der Waals surface area contributed by atoms with E-state index >= 15 is 0 Å². The number of nitriles is 2. The lowest BCUT2D eigenvalue weighted by atomic mass is 9.97. The summed E-state index contributed by atoms with van der Waals surface area (Å²) in [7, 11) is 0. The highest BCUT2D eigenvalue weighted by Gasteiger charge is 2.20. The number of rotatable bonds is 3. The van der Waals surface area contributed by atoms with Gasteiger partial charge in [0.25, 0.3) is 0 Å². The zero-order valence-corrected chi connectivity index (χ0v) is 14.8. The molecule has 126 valence electrons. The molecule has 1 heterocycles. The number of aromatic hydroxyl groups is 1. The average Bonchev–Trinajstić information content (AvgIpc) is 2.64. The van der Waals surface area contributed by atoms with Gasteiger partial charge in [0.1, 0.15) is 34.3 Å². The second-order valence-corrected chi connectivity index (χ2v) is 6.75. The van der Waals surface area contributed by atoms with E-state index in [0.29, 0.717) is 21.2 Å². The van der Waals surface area contributed by atoms with Gasteiger partial charge < -0.3 is 10.8 Å². The number of aromatic nitrogens is 1. The van der Waals surface area contributed by atoms with Crippen molar-refractivity contribution in [2.75, 3.05) is 5.73 Å². The van der Waals surface area contributed by atoms with Crippen molar-refractivity contribution in [1.29, 1.82) is 10.5 Å². The van der Waals surface area contributed by atoms with Crippen LogP contribution in [0.3, 0.4) is 0 Å². The Kier molecular flexibility index (Phi) is 4.99. The maximum atomic E-state index is 9.73.